The molecule has 1 atom stereocenters. The SMILES string of the molecule is NC(=O)[C@]1(O)CCN(C(=O)C2(c3cccc(C(F)(F)F)c3)CC2)C1. The van der Waals surface area contributed by atoms with Crippen LogP contribution in [0.25, 0.3) is 0 Å². The van der Waals surface area contributed by atoms with E-state index in [0.717, 1.165) is 12.1 Å². The smallest absolute Gasteiger partial charge is 0.378 e. The van der Waals surface area contributed by atoms with Gasteiger partial charge in [-0.3, -0.25) is 9.59 Å². The molecule has 8 heteroatoms. The van der Waals surface area contributed by atoms with Crippen molar-refractivity contribution in [2.75, 3.05) is 13.1 Å². The molecule has 3 rings (SSSR count). The van der Waals surface area contributed by atoms with Crippen molar-refractivity contribution in [3.8, 4) is 0 Å². The highest BCUT2D eigenvalue weighted by molar-refractivity contribution is 5.93. The summed E-state index contributed by atoms with van der Waals surface area (Å²) in [4.78, 5) is 25.4. The van der Waals surface area contributed by atoms with Crippen molar-refractivity contribution < 1.29 is 27.9 Å². The Morgan fingerprint density at radius 2 is 1.88 bits per heavy atom. The molecule has 0 bridgehead atoms. The number of rotatable bonds is 3. The first-order valence-electron chi connectivity index (χ1n) is 7.58. The summed E-state index contributed by atoms with van der Waals surface area (Å²) >= 11 is 0. The Morgan fingerprint density at radius 1 is 1.21 bits per heavy atom. The number of nitrogens with zero attached hydrogens (tertiary/aromatic N) is 1. The molecule has 0 unspecified atom stereocenters. The molecule has 2 aliphatic rings. The van der Waals surface area contributed by atoms with Gasteiger partial charge in [-0.25, -0.2) is 0 Å². The predicted molar refractivity (Wildman–Crippen MR) is 77.7 cm³/mol. The molecule has 2 fully saturated rings. The number of amides is 2. The average molecular weight is 342 g/mol. The maximum Gasteiger partial charge on any atom is 0.416 e. The van der Waals surface area contributed by atoms with E-state index in [1.165, 1.54) is 17.0 Å². The van der Waals surface area contributed by atoms with Crippen LogP contribution in [0.4, 0.5) is 13.2 Å². The van der Waals surface area contributed by atoms with Gasteiger partial charge in [-0.05, 0) is 24.5 Å². The lowest BCUT2D eigenvalue weighted by Crippen LogP contribution is -2.48. The predicted octanol–water partition coefficient (Wildman–Crippen LogP) is 1.19. The van der Waals surface area contributed by atoms with Crippen molar-refractivity contribution in [3.05, 3.63) is 35.4 Å². The fourth-order valence-corrected chi connectivity index (χ4v) is 3.22. The van der Waals surface area contributed by atoms with Gasteiger partial charge in [-0.15, -0.1) is 0 Å². The summed E-state index contributed by atoms with van der Waals surface area (Å²) in [5.74, 6) is -1.26. The third kappa shape index (κ3) is 2.64. The minimum atomic E-state index is -4.48. The van der Waals surface area contributed by atoms with Crippen molar-refractivity contribution in [1.82, 2.24) is 4.90 Å². The summed E-state index contributed by atoms with van der Waals surface area (Å²) < 4.78 is 38.7. The molecule has 0 aromatic heterocycles. The van der Waals surface area contributed by atoms with Gasteiger partial charge in [-0.1, -0.05) is 18.2 Å². The number of carbonyl (C=O) groups excluding carboxylic acids is 2. The standard InChI is InChI=1S/C16H17F3N2O3/c17-16(18,19)11-3-1-2-10(8-11)14(4-5-14)13(23)21-7-6-15(24,9-21)12(20)22/h1-3,8,24H,4-7,9H2,(H2,20,22)/t15-/m0/s1. The van der Waals surface area contributed by atoms with Gasteiger partial charge in [-0.2, -0.15) is 13.2 Å². The second-order valence-corrected chi connectivity index (χ2v) is 6.53. The van der Waals surface area contributed by atoms with E-state index in [1.54, 1.807) is 0 Å². The van der Waals surface area contributed by atoms with Crippen molar-refractivity contribution in [2.24, 2.45) is 5.73 Å². The molecule has 3 N–H and O–H groups in total. The molecule has 1 aliphatic heterocycles. The maximum atomic E-state index is 12.9. The normalized spacial score (nSPS) is 25.6. The van der Waals surface area contributed by atoms with Gasteiger partial charge in [0.25, 0.3) is 5.91 Å². The lowest BCUT2D eigenvalue weighted by molar-refractivity contribution is -0.139. The van der Waals surface area contributed by atoms with Crippen LogP contribution in [0.2, 0.25) is 0 Å². The first kappa shape index (κ1) is 16.8. The van der Waals surface area contributed by atoms with E-state index in [0.29, 0.717) is 18.4 Å². The van der Waals surface area contributed by atoms with Crippen LogP contribution in [0.5, 0.6) is 0 Å². The number of carbonyl (C=O) groups is 2. The van der Waals surface area contributed by atoms with Crippen LogP contribution in [0.1, 0.15) is 30.4 Å². The molecule has 5 nitrogen and oxygen atoms in total. The second-order valence-electron chi connectivity index (χ2n) is 6.53. The molecular formula is C16H17F3N2O3. The first-order valence-corrected chi connectivity index (χ1v) is 7.58. The largest absolute Gasteiger partial charge is 0.416 e. The first-order chi connectivity index (χ1) is 11.1. The van der Waals surface area contributed by atoms with Crippen LogP contribution in [0.3, 0.4) is 0 Å². The minimum absolute atomic E-state index is 0.0345. The van der Waals surface area contributed by atoms with Gasteiger partial charge in [0, 0.05) is 13.0 Å². The highest BCUT2D eigenvalue weighted by Gasteiger charge is 2.56. The van der Waals surface area contributed by atoms with Crippen LogP contribution >= 0.6 is 0 Å². The third-order valence-corrected chi connectivity index (χ3v) is 4.90. The molecule has 130 valence electrons. The van der Waals surface area contributed by atoms with Gasteiger partial charge in [0.05, 0.1) is 17.5 Å². The van der Waals surface area contributed by atoms with Crippen LogP contribution in [-0.2, 0) is 21.2 Å². The van der Waals surface area contributed by atoms with E-state index in [4.69, 9.17) is 5.73 Å². The van der Waals surface area contributed by atoms with E-state index >= 15 is 0 Å². The Kier molecular flexibility index (Phi) is 3.63. The van der Waals surface area contributed by atoms with Crippen LogP contribution < -0.4 is 5.73 Å². The Morgan fingerprint density at radius 3 is 2.38 bits per heavy atom. The monoisotopic (exact) mass is 342 g/mol. The van der Waals surface area contributed by atoms with Gasteiger partial charge >= 0.3 is 6.18 Å². The minimum Gasteiger partial charge on any atom is -0.378 e. The molecule has 1 saturated carbocycles. The lowest BCUT2D eigenvalue weighted by atomic mass is 9.92. The number of primary amides is 1. The number of β-amino-alcohol motifs (C(OH)–C–C–N with tert-alkyl or cyclic N) is 1. The van der Waals surface area contributed by atoms with Gasteiger partial charge in [0.15, 0.2) is 5.60 Å². The Balaban J connectivity index is 1.85. The van der Waals surface area contributed by atoms with Gasteiger partial charge < -0.3 is 15.7 Å². The quantitative estimate of drug-likeness (QED) is 0.865. The zero-order chi connectivity index (χ0) is 17.8. The molecule has 1 heterocycles. The molecular weight excluding hydrogens is 325 g/mol. The van der Waals surface area contributed by atoms with Crippen molar-refractivity contribution >= 4 is 11.8 Å². The summed E-state index contributed by atoms with van der Waals surface area (Å²) in [6, 6.07) is 4.76. The number of hydrogen-bond acceptors (Lipinski definition) is 3. The van der Waals surface area contributed by atoms with Crippen LogP contribution in [0, 0.1) is 0 Å². The van der Waals surface area contributed by atoms with E-state index < -0.39 is 28.7 Å². The molecule has 1 saturated heterocycles. The topological polar surface area (TPSA) is 83.6 Å². The number of hydrogen-bond donors (Lipinski definition) is 2. The number of halogens is 3. The molecule has 2 amide bonds. The van der Waals surface area contributed by atoms with E-state index in [9.17, 15) is 27.9 Å². The zero-order valence-corrected chi connectivity index (χ0v) is 12.8. The molecule has 1 aliphatic carbocycles. The Bertz CT molecular complexity index is 700. The van der Waals surface area contributed by atoms with E-state index in [2.05, 4.69) is 0 Å². The van der Waals surface area contributed by atoms with Crippen molar-refractivity contribution in [3.63, 3.8) is 0 Å². The highest BCUT2D eigenvalue weighted by Crippen LogP contribution is 2.51. The maximum absolute atomic E-state index is 12.9. The summed E-state index contributed by atoms with van der Waals surface area (Å²) in [5, 5.41) is 10.1. The molecule has 0 radical (unpaired) electrons. The number of likely N-dealkylation sites (tertiary alicyclic amines) is 1. The summed E-state index contributed by atoms with van der Waals surface area (Å²) in [6.07, 6.45) is -3.56. The number of nitrogens with two attached hydrogens (primary N) is 1. The molecule has 24 heavy (non-hydrogen) atoms. The number of alkyl halides is 3. The fourth-order valence-electron chi connectivity index (χ4n) is 3.22. The van der Waals surface area contributed by atoms with Crippen LogP contribution in [0.15, 0.2) is 24.3 Å². The Labute approximate surface area is 136 Å². The fraction of sp³-hybridized carbons (Fsp3) is 0.500. The number of benzene rings is 1. The summed E-state index contributed by atoms with van der Waals surface area (Å²) in [7, 11) is 0. The van der Waals surface area contributed by atoms with E-state index in [-0.39, 0.29) is 25.4 Å². The van der Waals surface area contributed by atoms with Crippen molar-refractivity contribution in [2.45, 2.75) is 36.5 Å². The van der Waals surface area contributed by atoms with Crippen molar-refractivity contribution in [1.29, 1.82) is 0 Å². The van der Waals surface area contributed by atoms with Crippen LogP contribution in [-0.4, -0.2) is 40.5 Å². The second kappa shape index (κ2) is 5.20. The summed E-state index contributed by atoms with van der Waals surface area (Å²) in [6.45, 7) is -0.0686. The molecule has 1 aromatic carbocycles. The van der Waals surface area contributed by atoms with Gasteiger partial charge in [0.2, 0.25) is 5.91 Å². The third-order valence-electron chi connectivity index (χ3n) is 4.90. The highest BCUT2D eigenvalue weighted by atomic mass is 19.4. The zero-order valence-electron chi connectivity index (χ0n) is 12.8. The lowest BCUT2D eigenvalue weighted by Gasteiger charge is -2.25. The Hall–Kier alpha value is -2.09. The summed E-state index contributed by atoms with van der Waals surface area (Å²) in [5.41, 5.74) is 1.91. The number of aliphatic hydroxyl groups is 1. The average Bonchev–Trinajstić information content (AvgIpc) is 3.23. The van der Waals surface area contributed by atoms with Gasteiger partial charge in [0.1, 0.15) is 0 Å². The molecule has 0 spiro atoms. The van der Waals surface area contributed by atoms with E-state index in [1.807, 2.05) is 0 Å². The molecule has 1 aromatic rings.